The minimum atomic E-state index is -2.24. The summed E-state index contributed by atoms with van der Waals surface area (Å²) < 4.78 is 101. The Morgan fingerprint density at radius 3 is 1.25 bits per heavy atom. The number of fused-ring (bicyclic) bond motifs is 3. The summed E-state index contributed by atoms with van der Waals surface area (Å²) in [6.07, 6.45) is 30.2. The molecule has 0 radical (unpaired) electrons. The van der Waals surface area contributed by atoms with Crippen LogP contribution in [0.2, 0.25) is 0 Å². The fourth-order valence-electron chi connectivity index (χ4n) is 10.1. The van der Waals surface area contributed by atoms with E-state index >= 15 is 0 Å². The normalized spacial score (nSPS) is 18.6. The lowest BCUT2D eigenvalue weighted by molar-refractivity contribution is -0.661. The molecule has 0 aliphatic heterocycles. The lowest BCUT2D eigenvalue weighted by atomic mass is 9.82. The maximum absolute atomic E-state index is 9.06. The van der Waals surface area contributed by atoms with E-state index in [4.69, 9.17) is 13.7 Å². The quantitative estimate of drug-likeness (QED) is 0.150. The van der Waals surface area contributed by atoms with Gasteiger partial charge in [-0.3, -0.25) is 13.2 Å². The summed E-state index contributed by atoms with van der Waals surface area (Å²) in [6, 6.07) is 5.89. The number of aromatic nitrogens is 12. The van der Waals surface area contributed by atoms with Gasteiger partial charge >= 0.3 is 0 Å². The van der Waals surface area contributed by atoms with Crippen molar-refractivity contribution in [2.75, 3.05) is 0 Å². The SMILES string of the molecule is [2H]C(C)(C)c1cc(-c2cn3ccnc3n2C)[n+](C)cc1C([2H])(C)C.[2H]C([2H])([2H])c1c[n+](C)c(-c2cn3ccnc3n2C)cc1C1([2H])CCCC1.[2H]C([2H])([2H])c1c[n+](C)c(-c2cn3ccnc3n2C)cc1C1([2H])CCCCC1. The molecule has 0 spiro atoms. The Bertz CT molecular complexity index is 3630. The van der Waals surface area contributed by atoms with Gasteiger partial charge in [0, 0.05) is 126 Å². The van der Waals surface area contributed by atoms with E-state index in [2.05, 4.69) is 15.0 Å². The standard InChI is InChI=1S/C19H25N4.C18H23N4.C18H25N4/c1-14-12-21(2)17(11-16(14)15-7-5-4-6-8-15)18-13-23-10-9-20-19(23)22(18)3;1-13-11-20(2)16(10-15(13)14-6-4-5-7-14)17-12-22-9-8-19-18(22)21(17)3;1-12(2)14-9-16(20(5)10-15(14)13(3)4)17-11-22-8-7-19-18(22)21(17)6/h9-13,15H,4-8H2,1-3H3;8-12,14H,4-7H2,1-3H3;7-13H,1-6H3/q3*+1/i1D3,15D;1D3,14D;12D,13D. The molecule has 0 bridgehead atoms. The van der Waals surface area contributed by atoms with Crippen LogP contribution in [0.5, 0.6) is 0 Å². The maximum atomic E-state index is 9.06. The Hall–Kier alpha value is -6.30. The lowest BCUT2D eigenvalue weighted by Gasteiger charge is -2.23. The van der Waals surface area contributed by atoms with Crippen LogP contribution >= 0.6 is 0 Å². The molecule has 0 aromatic carbocycles. The van der Waals surface area contributed by atoms with E-state index < -0.39 is 37.3 Å². The zero-order valence-corrected chi connectivity index (χ0v) is 40.9. The minimum absolute atomic E-state index is 0.291. The molecule has 0 saturated heterocycles. The fourth-order valence-corrected chi connectivity index (χ4v) is 10.1. The van der Waals surface area contributed by atoms with Gasteiger partial charge < -0.3 is 13.7 Å². The number of hydrogen-bond donors (Lipinski definition) is 0. The van der Waals surface area contributed by atoms with Crippen molar-refractivity contribution in [3.05, 3.63) is 126 Å². The fraction of sp³-hybridized carbons (Fsp3) is 0.455. The predicted octanol–water partition coefficient (Wildman–Crippen LogP) is 10.1. The molecule has 0 atom stereocenters. The van der Waals surface area contributed by atoms with E-state index in [0.717, 1.165) is 94.7 Å². The largest absolute Gasteiger partial charge is 0.308 e. The van der Waals surface area contributed by atoms with Crippen LogP contribution in [-0.4, -0.2) is 41.9 Å². The first-order chi connectivity index (χ1) is 35.9. The summed E-state index contributed by atoms with van der Waals surface area (Å²) in [7, 11) is 11.6. The first-order valence-corrected chi connectivity index (χ1v) is 23.5. The van der Waals surface area contributed by atoms with Gasteiger partial charge in [0.05, 0.1) is 0 Å². The molecular weight excluding hydrogens is 829 g/mol. The molecule has 0 N–H and O–H groups in total. The molecule has 0 amide bonds. The van der Waals surface area contributed by atoms with Gasteiger partial charge in [0.25, 0.3) is 0 Å². The van der Waals surface area contributed by atoms with Crippen molar-refractivity contribution < 1.29 is 27.4 Å². The van der Waals surface area contributed by atoms with Gasteiger partial charge in [-0.05, 0) is 79.7 Å². The summed E-state index contributed by atoms with van der Waals surface area (Å²) in [5.41, 5.74) is 9.34. The zero-order valence-electron chi connectivity index (χ0n) is 50.9. The Kier molecular flexibility index (Phi) is 9.78. The molecule has 67 heavy (non-hydrogen) atoms. The van der Waals surface area contributed by atoms with Crippen molar-refractivity contribution in [2.24, 2.45) is 42.3 Å². The smallest absolute Gasteiger partial charge is 0.230 e. The maximum Gasteiger partial charge on any atom is 0.230 e. The van der Waals surface area contributed by atoms with E-state index in [1.807, 2.05) is 172 Å². The van der Waals surface area contributed by atoms with E-state index in [1.165, 1.54) is 0 Å². The van der Waals surface area contributed by atoms with Gasteiger partial charge in [-0.2, -0.15) is 13.7 Å². The molecule has 2 aliphatic rings. The van der Waals surface area contributed by atoms with Gasteiger partial charge in [0.2, 0.25) is 34.4 Å². The molecule has 2 saturated carbocycles. The molecule has 2 aliphatic carbocycles. The van der Waals surface area contributed by atoms with E-state index in [9.17, 15) is 0 Å². The summed E-state index contributed by atoms with van der Waals surface area (Å²) in [6.45, 7) is 3.02. The Balaban J connectivity index is 0.000000141. The van der Waals surface area contributed by atoms with Gasteiger partial charge in [0.1, 0.15) is 38.2 Å². The molecule has 350 valence electrons. The van der Waals surface area contributed by atoms with Crippen molar-refractivity contribution in [1.29, 1.82) is 0 Å². The summed E-state index contributed by atoms with van der Waals surface area (Å²) >= 11 is 0. The second kappa shape index (κ2) is 18.8. The van der Waals surface area contributed by atoms with Crippen molar-refractivity contribution in [3.8, 4) is 34.2 Å². The van der Waals surface area contributed by atoms with Crippen LogP contribution < -0.4 is 13.7 Å². The van der Waals surface area contributed by atoms with Crippen molar-refractivity contribution in [1.82, 2.24) is 41.9 Å². The Morgan fingerprint density at radius 2 is 0.896 bits per heavy atom. The highest BCUT2D eigenvalue weighted by Gasteiger charge is 2.27. The van der Waals surface area contributed by atoms with Crippen LogP contribution in [0.4, 0.5) is 0 Å². The molecule has 9 aromatic heterocycles. The molecule has 0 unspecified atom stereocenters. The van der Waals surface area contributed by atoms with Gasteiger partial charge in [-0.15, -0.1) is 0 Å². The monoisotopic (exact) mass is 912 g/mol. The number of hydrogen-bond acceptors (Lipinski definition) is 3. The zero-order chi connectivity index (χ0) is 55.9. The number of aryl methyl sites for hydroxylation is 8. The third kappa shape index (κ3) is 8.75. The highest BCUT2D eigenvalue weighted by molar-refractivity contribution is 5.60. The first kappa shape index (κ1) is 34.9. The number of rotatable bonds is 7. The second-order valence-electron chi connectivity index (χ2n) is 18.9. The van der Waals surface area contributed by atoms with E-state index in [1.54, 1.807) is 31.0 Å². The van der Waals surface area contributed by atoms with E-state index in [0.29, 0.717) is 47.9 Å². The summed E-state index contributed by atoms with van der Waals surface area (Å²) in [5, 5.41) is 0. The highest BCUT2D eigenvalue weighted by Crippen LogP contribution is 2.38. The lowest BCUT2D eigenvalue weighted by Crippen LogP contribution is -2.33. The van der Waals surface area contributed by atoms with Crippen LogP contribution in [0.15, 0.2) is 92.6 Å². The number of imidazole rings is 6. The molecule has 2 fully saturated rings. The number of pyridine rings is 3. The van der Waals surface area contributed by atoms with Crippen LogP contribution in [0.25, 0.3) is 51.5 Å². The predicted molar refractivity (Wildman–Crippen MR) is 267 cm³/mol. The van der Waals surface area contributed by atoms with Crippen LogP contribution in [-0.2, 0) is 42.3 Å². The third-order valence-corrected chi connectivity index (χ3v) is 13.8. The summed E-state index contributed by atoms with van der Waals surface area (Å²) in [4.78, 5) is 13.1. The molecular formula is C55H73N12+3. The molecule has 12 nitrogen and oxygen atoms in total. The second-order valence-corrected chi connectivity index (χ2v) is 18.9. The Labute approximate surface area is 410 Å². The molecule has 11 rings (SSSR count). The van der Waals surface area contributed by atoms with Crippen molar-refractivity contribution >= 4 is 17.3 Å². The number of nitrogens with zero attached hydrogens (tertiary/aromatic N) is 12. The van der Waals surface area contributed by atoms with Gasteiger partial charge in [-0.1, -0.05) is 59.8 Å². The van der Waals surface area contributed by atoms with Crippen LogP contribution in [0.3, 0.4) is 0 Å². The average molecular weight is 912 g/mol. The van der Waals surface area contributed by atoms with Crippen molar-refractivity contribution in [3.63, 3.8) is 0 Å². The minimum Gasteiger partial charge on any atom is -0.308 e. The van der Waals surface area contributed by atoms with Gasteiger partial charge in [-0.25, -0.2) is 15.0 Å². The molecule has 12 heteroatoms. The van der Waals surface area contributed by atoms with Crippen molar-refractivity contribution in [2.45, 2.75) is 123 Å². The third-order valence-electron chi connectivity index (χ3n) is 13.8. The molecule has 9 heterocycles. The average Bonchev–Trinajstić information content (AvgIpc) is 4.25. The first-order valence-electron chi connectivity index (χ1n) is 28.5. The summed E-state index contributed by atoms with van der Waals surface area (Å²) in [5.74, 6) is -0.669. The molecule has 9 aromatic rings. The highest BCUT2D eigenvalue weighted by atomic mass is 15.2. The topological polar surface area (TPSA) is 78.3 Å². The van der Waals surface area contributed by atoms with Crippen LogP contribution in [0, 0.1) is 13.7 Å². The van der Waals surface area contributed by atoms with E-state index in [-0.39, 0.29) is 0 Å². The van der Waals surface area contributed by atoms with Gasteiger partial charge in [0.15, 0.2) is 18.6 Å². The van der Waals surface area contributed by atoms with Crippen LogP contribution in [0.1, 0.15) is 156 Å². The Morgan fingerprint density at radius 1 is 0.537 bits per heavy atom.